The van der Waals surface area contributed by atoms with E-state index < -0.39 is 31.3 Å². The third kappa shape index (κ3) is 4.78. The van der Waals surface area contributed by atoms with Crippen molar-refractivity contribution in [3.05, 3.63) is 0 Å². The summed E-state index contributed by atoms with van der Waals surface area (Å²) in [5, 5.41) is 8.85. The van der Waals surface area contributed by atoms with Gasteiger partial charge in [0.1, 0.15) is 6.04 Å². The van der Waals surface area contributed by atoms with Gasteiger partial charge in [-0.1, -0.05) is 0 Å². The second-order valence-electron chi connectivity index (χ2n) is 5.70. The molecule has 0 rings (SSSR count). The molecule has 0 amide bonds. The number of hydrogen-bond donors (Lipinski definition) is 2. The van der Waals surface area contributed by atoms with Crippen LogP contribution in [0.25, 0.3) is 0 Å². The molecule has 0 bridgehead atoms. The third-order valence-electron chi connectivity index (χ3n) is 2.77. The first kappa shape index (κ1) is 17.7. The minimum Gasteiger partial charge on any atom is -0.480 e. The summed E-state index contributed by atoms with van der Waals surface area (Å²) in [6.07, 6.45) is 0. The maximum Gasteiger partial charge on any atom is 0.321 e. The summed E-state index contributed by atoms with van der Waals surface area (Å²) >= 11 is 1.27. The molecule has 0 heterocycles. The van der Waals surface area contributed by atoms with Gasteiger partial charge in [0, 0.05) is 10.5 Å². The molecule has 0 aliphatic heterocycles. The molecule has 18 heavy (non-hydrogen) atoms. The lowest BCUT2D eigenvalue weighted by atomic mass is 10.1. The quantitative estimate of drug-likeness (QED) is 0.762. The van der Waals surface area contributed by atoms with Crippen LogP contribution in [0.4, 0.5) is 0 Å². The third-order valence-corrected chi connectivity index (χ3v) is 7.05. The summed E-state index contributed by atoms with van der Waals surface area (Å²) < 4.78 is 22.3. The second-order valence-corrected chi connectivity index (χ2v) is 10.3. The van der Waals surface area contributed by atoms with Crippen LogP contribution in [-0.4, -0.2) is 46.5 Å². The average Bonchev–Trinajstić information content (AvgIpc) is 2.13. The highest BCUT2D eigenvalue weighted by molar-refractivity contribution is 8.02. The van der Waals surface area contributed by atoms with Crippen molar-refractivity contribution in [1.29, 1.82) is 0 Å². The molecule has 3 N–H and O–H groups in total. The number of hydrogen-bond acceptors (Lipinski definition) is 5. The van der Waals surface area contributed by atoms with Gasteiger partial charge >= 0.3 is 5.97 Å². The molecular weight excluding hydrogens is 274 g/mol. The van der Waals surface area contributed by atoms with Crippen LogP contribution in [0.5, 0.6) is 0 Å². The fourth-order valence-electron chi connectivity index (χ4n) is 1.11. The van der Waals surface area contributed by atoms with Crippen LogP contribution < -0.4 is 5.73 Å². The van der Waals surface area contributed by atoms with Gasteiger partial charge in [-0.05, 0) is 34.6 Å². The normalized spacial score (nSPS) is 15.4. The van der Waals surface area contributed by atoms with E-state index in [0.717, 1.165) is 0 Å². The molecule has 0 aliphatic rings. The lowest BCUT2D eigenvalue weighted by Gasteiger charge is -2.28. The van der Waals surface area contributed by atoms with Crippen molar-refractivity contribution in [2.24, 2.45) is 5.73 Å². The molecule has 0 saturated carbocycles. The van der Waals surface area contributed by atoms with E-state index in [-0.39, 0.29) is 5.75 Å². The molecule has 5 nitrogen and oxygen atoms in total. The van der Waals surface area contributed by atoms with Crippen molar-refractivity contribution in [3.8, 4) is 0 Å². The lowest BCUT2D eigenvalue weighted by molar-refractivity contribution is -0.139. The zero-order chi connectivity index (χ0) is 14.8. The predicted octanol–water partition coefficient (Wildman–Crippen LogP) is 1.12. The Hall–Kier alpha value is -0.270. The molecule has 108 valence electrons. The molecular formula is C11H23NO4S2. The van der Waals surface area contributed by atoms with Crippen molar-refractivity contribution in [1.82, 2.24) is 0 Å². The number of nitrogens with two attached hydrogens (primary N) is 1. The Balaban J connectivity index is 4.50. The van der Waals surface area contributed by atoms with Crippen molar-refractivity contribution >= 4 is 27.6 Å². The van der Waals surface area contributed by atoms with E-state index in [2.05, 4.69) is 0 Å². The first-order chi connectivity index (χ1) is 7.81. The maximum atomic E-state index is 11.9. The van der Waals surface area contributed by atoms with Crippen molar-refractivity contribution < 1.29 is 18.3 Å². The Bertz CT molecular complexity index is 396. The van der Waals surface area contributed by atoms with Gasteiger partial charge < -0.3 is 10.8 Å². The molecule has 0 aliphatic carbocycles. The Labute approximate surface area is 113 Å². The van der Waals surface area contributed by atoms with E-state index in [1.807, 2.05) is 0 Å². The monoisotopic (exact) mass is 297 g/mol. The van der Waals surface area contributed by atoms with Crippen LogP contribution in [0, 0.1) is 0 Å². The van der Waals surface area contributed by atoms with Crippen molar-refractivity contribution in [2.45, 2.75) is 50.2 Å². The number of carboxylic acids is 1. The Morgan fingerprint density at radius 1 is 1.28 bits per heavy atom. The molecule has 0 radical (unpaired) electrons. The lowest BCUT2D eigenvalue weighted by Crippen LogP contribution is -2.47. The van der Waals surface area contributed by atoms with E-state index in [1.54, 1.807) is 34.6 Å². The summed E-state index contributed by atoms with van der Waals surface area (Å²) in [5.74, 6) is -0.712. The molecule has 0 aromatic carbocycles. The van der Waals surface area contributed by atoms with Gasteiger partial charge in [0.15, 0.2) is 9.84 Å². The van der Waals surface area contributed by atoms with E-state index in [4.69, 9.17) is 10.8 Å². The minimum absolute atomic E-state index is 0.0247. The summed E-state index contributed by atoms with van der Waals surface area (Å²) in [6.45, 7) is 8.38. The molecule has 0 spiro atoms. The number of sulfone groups is 1. The summed E-state index contributed by atoms with van der Waals surface area (Å²) in [6, 6.07) is -1.01. The maximum absolute atomic E-state index is 11.9. The van der Waals surface area contributed by atoms with Crippen LogP contribution in [0.15, 0.2) is 0 Å². The van der Waals surface area contributed by atoms with Crippen LogP contribution in [0.1, 0.15) is 34.6 Å². The van der Waals surface area contributed by atoms with Crippen LogP contribution in [0.3, 0.4) is 0 Å². The van der Waals surface area contributed by atoms with Gasteiger partial charge in [-0.15, -0.1) is 0 Å². The first-order valence-electron chi connectivity index (χ1n) is 5.66. The van der Waals surface area contributed by atoms with Crippen LogP contribution >= 0.6 is 11.8 Å². The number of thioether (sulfide) groups is 1. The highest BCUT2D eigenvalue weighted by Gasteiger charge is 2.34. The highest BCUT2D eigenvalue weighted by Crippen LogP contribution is 2.28. The number of aliphatic carboxylic acids is 1. The minimum atomic E-state index is -3.18. The molecule has 0 aromatic heterocycles. The first-order valence-corrected chi connectivity index (χ1v) is 8.30. The molecule has 0 fully saturated rings. The zero-order valence-corrected chi connectivity index (χ0v) is 13.2. The fourth-order valence-corrected chi connectivity index (χ4v) is 3.74. The van der Waals surface area contributed by atoms with Gasteiger partial charge in [-0.2, -0.15) is 11.8 Å². The zero-order valence-electron chi connectivity index (χ0n) is 11.6. The molecule has 7 heteroatoms. The Morgan fingerprint density at radius 3 is 2.06 bits per heavy atom. The number of carbonyl (C=O) groups is 1. The van der Waals surface area contributed by atoms with E-state index in [9.17, 15) is 13.2 Å². The SMILES string of the molecule is CC(C)(SCCS(=O)(=O)C(C)(C)C)[C@@H](N)C(=O)O. The topological polar surface area (TPSA) is 97.5 Å². The summed E-state index contributed by atoms with van der Waals surface area (Å²) in [4.78, 5) is 10.8. The second kappa shape index (κ2) is 5.79. The predicted molar refractivity (Wildman–Crippen MR) is 75.7 cm³/mol. The molecule has 0 aromatic rings. The number of carboxylic acid groups (broad SMARTS) is 1. The smallest absolute Gasteiger partial charge is 0.321 e. The molecule has 0 saturated heterocycles. The Kier molecular flexibility index (Phi) is 5.71. The standard InChI is InChI=1S/C11H23NO4S2/c1-10(2,3)18(15,16)7-6-17-11(4,5)8(12)9(13)14/h8H,6-7,12H2,1-5H3,(H,13,14)/t8-/m0/s1. The van der Waals surface area contributed by atoms with Gasteiger partial charge in [-0.25, -0.2) is 8.42 Å². The summed E-state index contributed by atoms with van der Waals surface area (Å²) in [7, 11) is -3.18. The van der Waals surface area contributed by atoms with E-state index in [1.165, 1.54) is 11.8 Å². The Morgan fingerprint density at radius 2 is 1.72 bits per heavy atom. The van der Waals surface area contributed by atoms with E-state index in [0.29, 0.717) is 5.75 Å². The molecule has 1 atom stereocenters. The number of rotatable bonds is 6. The highest BCUT2D eigenvalue weighted by atomic mass is 32.2. The average molecular weight is 297 g/mol. The fraction of sp³-hybridized carbons (Fsp3) is 0.909. The van der Waals surface area contributed by atoms with Crippen molar-refractivity contribution in [2.75, 3.05) is 11.5 Å². The van der Waals surface area contributed by atoms with Crippen molar-refractivity contribution in [3.63, 3.8) is 0 Å². The van der Waals surface area contributed by atoms with Gasteiger partial charge in [0.05, 0.1) is 10.5 Å². The van der Waals surface area contributed by atoms with Gasteiger partial charge in [0.25, 0.3) is 0 Å². The van der Waals surface area contributed by atoms with Crippen LogP contribution in [0.2, 0.25) is 0 Å². The summed E-state index contributed by atoms with van der Waals surface area (Å²) in [5.41, 5.74) is 5.56. The van der Waals surface area contributed by atoms with E-state index >= 15 is 0 Å². The van der Waals surface area contributed by atoms with Gasteiger partial charge in [-0.3, -0.25) is 4.79 Å². The molecule has 0 unspecified atom stereocenters. The largest absolute Gasteiger partial charge is 0.480 e. The van der Waals surface area contributed by atoms with Gasteiger partial charge in [0.2, 0.25) is 0 Å². The van der Waals surface area contributed by atoms with Crippen LogP contribution in [-0.2, 0) is 14.6 Å².